The van der Waals surface area contributed by atoms with Crippen LogP contribution < -0.4 is 0 Å². The summed E-state index contributed by atoms with van der Waals surface area (Å²) in [5.41, 5.74) is 0.265. The number of carbonyl (C=O) groups is 1. The van der Waals surface area contributed by atoms with Crippen LogP contribution in [0, 0.1) is 0 Å². The van der Waals surface area contributed by atoms with Crippen molar-refractivity contribution >= 4 is 13.8 Å². The van der Waals surface area contributed by atoms with Gasteiger partial charge in [-0.3, -0.25) is 9.05 Å². The summed E-state index contributed by atoms with van der Waals surface area (Å²) in [6.45, 7) is 8.77. The van der Waals surface area contributed by atoms with Gasteiger partial charge in [0, 0.05) is 5.57 Å². The van der Waals surface area contributed by atoms with Gasteiger partial charge in [-0.05, 0) is 20.3 Å². The first kappa shape index (κ1) is 25.3. The van der Waals surface area contributed by atoms with E-state index in [0.29, 0.717) is 0 Å². The van der Waals surface area contributed by atoms with Gasteiger partial charge in [0.2, 0.25) is 0 Å². The molecule has 0 bridgehead atoms. The van der Waals surface area contributed by atoms with Gasteiger partial charge in [-0.15, -0.1) is 0 Å². The first-order valence-electron chi connectivity index (χ1n) is 9.77. The highest BCUT2D eigenvalue weighted by molar-refractivity contribution is 7.47. The van der Waals surface area contributed by atoms with E-state index in [2.05, 4.69) is 13.5 Å². The average Bonchev–Trinajstić information content (AvgIpc) is 2.58. The molecule has 0 heterocycles. The molecule has 0 aliphatic heterocycles. The van der Waals surface area contributed by atoms with Crippen molar-refractivity contribution in [1.29, 1.82) is 0 Å². The molecular formula is C19H37O6P. The molecule has 0 saturated heterocycles. The van der Waals surface area contributed by atoms with E-state index < -0.39 is 19.9 Å². The lowest BCUT2D eigenvalue weighted by Gasteiger charge is -2.16. The number of carbonyl (C=O) groups excluding carboxylic acids is 1. The van der Waals surface area contributed by atoms with E-state index in [4.69, 9.17) is 13.8 Å². The van der Waals surface area contributed by atoms with Crippen molar-refractivity contribution in [1.82, 2.24) is 0 Å². The van der Waals surface area contributed by atoms with Crippen molar-refractivity contribution < 1.29 is 28.0 Å². The predicted octanol–water partition coefficient (Wildman–Crippen LogP) is 5.55. The van der Waals surface area contributed by atoms with E-state index in [-0.39, 0.29) is 18.8 Å². The van der Waals surface area contributed by atoms with E-state index in [1.165, 1.54) is 51.9 Å². The third-order valence-corrected chi connectivity index (χ3v) is 4.87. The van der Waals surface area contributed by atoms with E-state index in [1.54, 1.807) is 6.92 Å². The van der Waals surface area contributed by atoms with Crippen LogP contribution in [0.3, 0.4) is 0 Å². The van der Waals surface area contributed by atoms with Gasteiger partial charge < -0.3 is 9.63 Å². The van der Waals surface area contributed by atoms with Crippen molar-refractivity contribution in [2.75, 3.05) is 13.2 Å². The molecule has 0 rings (SSSR count). The fourth-order valence-electron chi connectivity index (χ4n) is 2.32. The second-order valence-corrected chi connectivity index (χ2v) is 8.23. The van der Waals surface area contributed by atoms with Gasteiger partial charge in [0.15, 0.2) is 0 Å². The molecule has 2 unspecified atom stereocenters. The topological polar surface area (TPSA) is 82.1 Å². The normalized spacial score (nSPS) is 14.6. The molecule has 0 saturated carbocycles. The SMILES string of the molecule is C=C(C)C(=O)OC(C)COP(=O)(O)OCCCCCCCCCCCC. The zero-order valence-electron chi connectivity index (χ0n) is 16.7. The third-order valence-electron chi connectivity index (χ3n) is 3.88. The summed E-state index contributed by atoms with van der Waals surface area (Å²) in [6.07, 6.45) is 11.2. The highest BCUT2D eigenvalue weighted by atomic mass is 31.2. The highest BCUT2D eigenvalue weighted by Gasteiger charge is 2.23. The predicted molar refractivity (Wildman–Crippen MR) is 104 cm³/mol. The van der Waals surface area contributed by atoms with Gasteiger partial charge in [0.25, 0.3) is 0 Å². The minimum Gasteiger partial charge on any atom is -0.457 e. The Morgan fingerprint density at radius 2 is 1.50 bits per heavy atom. The lowest BCUT2D eigenvalue weighted by molar-refractivity contribution is -0.145. The molecule has 0 spiro atoms. The molecule has 0 radical (unpaired) electrons. The van der Waals surface area contributed by atoms with Gasteiger partial charge in [0.05, 0.1) is 13.2 Å². The van der Waals surface area contributed by atoms with Crippen LogP contribution in [0.2, 0.25) is 0 Å². The highest BCUT2D eigenvalue weighted by Crippen LogP contribution is 2.43. The van der Waals surface area contributed by atoms with E-state index in [1.807, 2.05) is 0 Å². The number of esters is 1. The molecule has 2 atom stereocenters. The van der Waals surface area contributed by atoms with Gasteiger partial charge in [-0.2, -0.15) is 0 Å². The fourth-order valence-corrected chi connectivity index (χ4v) is 3.16. The third kappa shape index (κ3) is 15.6. The monoisotopic (exact) mass is 392 g/mol. The van der Waals surface area contributed by atoms with Crippen LogP contribution in [0.25, 0.3) is 0 Å². The Bertz CT molecular complexity index is 438. The summed E-state index contributed by atoms with van der Waals surface area (Å²) in [4.78, 5) is 20.9. The number of hydrogen-bond acceptors (Lipinski definition) is 5. The van der Waals surface area contributed by atoms with Gasteiger partial charge in [-0.25, -0.2) is 9.36 Å². The Balaban J connectivity index is 3.61. The zero-order chi connectivity index (χ0) is 19.8. The quantitative estimate of drug-likeness (QED) is 0.151. The van der Waals surface area contributed by atoms with E-state index in [9.17, 15) is 14.3 Å². The number of unbranched alkanes of at least 4 members (excludes halogenated alkanes) is 9. The molecule has 0 aliphatic carbocycles. The Kier molecular flexibility index (Phi) is 15.0. The van der Waals surface area contributed by atoms with E-state index >= 15 is 0 Å². The van der Waals surface area contributed by atoms with Crippen molar-refractivity contribution in [3.05, 3.63) is 12.2 Å². The maximum absolute atomic E-state index is 11.8. The number of phosphoric acid groups is 1. The van der Waals surface area contributed by atoms with Crippen molar-refractivity contribution in [2.45, 2.75) is 91.1 Å². The Labute approximate surface area is 158 Å². The molecule has 7 heteroatoms. The van der Waals surface area contributed by atoms with Crippen LogP contribution in [-0.4, -0.2) is 30.2 Å². The molecule has 1 N–H and O–H groups in total. The number of phosphoric ester groups is 1. The van der Waals surface area contributed by atoms with E-state index in [0.717, 1.165) is 19.3 Å². The first-order chi connectivity index (χ1) is 12.3. The summed E-state index contributed by atoms with van der Waals surface area (Å²) >= 11 is 0. The molecular weight excluding hydrogens is 355 g/mol. The number of ether oxygens (including phenoxy) is 1. The summed E-state index contributed by atoms with van der Waals surface area (Å²) in [6, 6.07) is 0. The second-order valence-electron chi connectivity index (χ2n) is 6.78. The molecule has 0 amide bonds. The molecule has 26 heavy (non-hydrogen) atoms. The van der Waals surface area contributed by atoms with Crippen molar-refractivity contribution in [3.63, 3.8) is 0 Å². The average molecular weight is 392 g/mol. The van der Waals surface area contributed by atoms with Gasteiger partial charge >= 0.3 is 13.8 Å². The lowest BCUT2D eigenvalue weighted by Crippen LogP contribution is -2.20. The van der Waals surface area contributed by atoms with Crippen LogP contribution in [-0.2, 0) is 23.1 Å². The van der Waals surface area contributed by atoms with Crippen molar-refractivity contribution in [2.24, 2.45) is 0 Å². The Morgan fingerprint density at radius 1 is 1.00 bits per heavy atom. The molecule has 0 fully saturated rings. The second kappa shape index (κ2) is 15.4. The molecule has 6 nitrogen and oxygen atoms in total. The van der Waals surface area contributed by atoms with Crippen LogP contribution in [0.1, 0.15) is 85.0 Å². The molecule has 154 valence electrons. The van der Waals surface area contributed by atoms with Crippen LogP contribution in [0.5, 0.6) is 0 Å². The summed E-state index contributed by atoms with van der Waals surface area (Å²) in [5, 5.41) is 0. The number of hydrogen-bond donors (Lipinski definition) is 1. The Morgan fingerprint density at radius 3 is 2.00 bits per heavy atom. The van der Waals surface area contributed by atoms with Crippen LogP contribution in [0.15, 0.2) is 12.2 Å². The molecule has 0 aromatic heterocycles. The molecule has 0 aliphatic rings. The first-order valence-corrected chi connectivity index (χ1v) is 11.3. The minimum absolute atomic E-state index is 0.185. The maximum atomic E-state index is 11.8. The zero-order valence-corrected chi connectivity index (χ0v) is 17.6. The smallest absolute Gasteiger partial charge is 0.457 e. The molecule has 0 aromatic rings. The summed E-state index contributed by atoms with van der Waals surface area (Å²) < 4.78 is 26.5. The fraction of sp³-hybridized carbons (Fsp3) is 0.842. The minimum atomic E-state index is -4.10. The number of rotatable bonds is 17. The Hall–Kier alpha value is -0.680. The van der Waals surface area contributed by atoms with Crippen LogP contribution in [0.4, 0.5) is 0 Å². The summed E-state index contributed by atoms with van der Waals surface area (Å²) in [5.74, 6) is -0.555. The largest absolute Gasteiger partial charge is 0.472 e. The van der Waals surface area contributed by atoms with Gasteiger partial charge in [-0.1, -0.05) is 71.3 Å². The van der Waals surface area contributed by atoms with Crippen LogP contribution >= 0.6 is 7.82 Å². The lowest BCUT2D eigenvalue weighted by atomic mass is 10.1. The van der Waals surface area contributed by atoms with Crippen molar-refractivity contribution in [3.8, 4) is 0 Å². The van der Waals surface area contributed by atoms with Gasteiger partial charge in [0.1, 0.15) is 6.10 Å². The molecule has 0 aromatic carbocycles. The maximum Gasteiger partial charge on any atom is 0.472 e. The standard InChI is InChI=1S/C19H37O6P/c1-5-6-7-8-9-10-11-12-13-14-15-23-26(21,22)24-16-18(4)25-19(20)17(2)3/h18H,2,5-16H2,1,3-4H3,(H,21,22). The summed E-state index contributed by atoms with van der Waals surface area (Å²) in [7, 11) is -4.10.